The third-order valence-electron chi connectivity index (χ3n) is 1.73. The highest BCUT2D eigenvalue weighted by molar-refractivity contribution is 5.85. The number of nitrogens with two attached hydrogens (primary N) is 1. The highest BCUT2D eigenvalue weighted by Crippen LogP contribution is 2.26. The largest absolute Gasteiger partial charge is 0.505 e. The molecule has 0 radical (unpaired) electrons. The summed E-state index contributed by atoms with van der Waals surface area (Å²) in [7, 11) is 0. The van der Waals surface area contributed by atoms with Gasteiger partial charge in [0, 0.05) is 11.6 Å². The summed E-state index contributed by atoms with van der Waals surface area (Å²) >= 11 is 0. The molecule has 1 aromatic rings. The van der Waals surface area contributed by atoms with Gasteiger partial charge in [-0.1, -0.05) is 12.1 Å². The zero-order chi connectivity index (χ0) is 9.84. The Bertz CT molecular complexity index is 351. The van der Waals surface area contributed by atoms with Crippen molar-refractivity contribution in [2.24, 2.45) is 5.73 Å². The zero-order valence-corrected chi connectivity index (χ0v) is 8.09. The van der Waals surface area contributed by atoms with Crippen LogP contribution < -0.4 is 5.73 Å². The van der Waals surface area contributed by atoms with Crippen molar-refractivity contribution in [1.82, 2.24) is 0 Å². The predicted octanol–water partition coefficient (Wildman–Crippen LogP) is 1.87. The first kappa shape index (κ1) is 12.7. The van der Waals surface area contributed by atoms with Crippen molar-refractivity contribution < 1.29 is 9.50 Å². The molecule has 1 rings (SSSR count). The molecule has 14 heavy (non-hydrogen) atoms. The number of phenolic OH excluding ortho intramolecular Hbond substituents is 1. The van der Waals surface area contributed by atoms with Crippen LogP contribution in [-0.4, -0.2) is 5.11 Å². The van der Waals surface area contributed by atoms with E-state index in [0.29, 0.717) is 0 Å². The van der Waals surface area contributed by atoms with Crippen molar-refractivity contribution in [2.45, 2.75) is 12.5 Å². The average molecular weight is 217 g/mol. The van der Waals surface area contributed by atoms with Crippen LogP contribution in [0.4, 0.5) is 4.39 Å². The van der Waals surface area contributed by atoms with Gasteiger partial charge in [0.2, 0.25) is 0 Å². The number of phenols is 1. The van der Waals surface area contributed by atoms with E-state index >= 15 is 0 Å². The number of hydrogen-bond acceptors (Lipinski definition) is 3. The van der Waals surface area contributed by atoms with E-state index in [4.69, 9.17) is 11.0 Å². The molecule has 0 aliphatic carbocycles. The lowest BCUT2D eigenvalue weighted by Gasteiger charge is -2.09. The van der Waals surface area contributed by atoms with Crippen LogP contribution in [0.1, 0.15) is 18.0 Å². The van der Waals surface area contributed by atoms with E-state index in [1.54, 1.807) is 0 Å². The second kappa shape index (κ2) is 5.43. The molecule has 1 atom stereocenters. The fourth-order valence-corrected chi connectivity index (χ4v) is 1.04. The van der Waals surface area contributed by atoms with Gasteiger partial charge in [-0.05, 0) is 6.07 Å². The first-order valence-corrected chi connectivity index (χ1v) is 3.76. The van der Waals surface area contributed by atoms with Gasteiger partial charge in [0.15, 0.2) is 11.6 Å². The first-order chi connectivity index (χ1) is 6.16. The van der Waals surface area contributed by atoms with Gasteiger partial charge in [0.25, 0.3) is 0 Å². The molecule has 0 saturated heterocycles. The van der Waals surface area contributed by atoms with Gasteiger partial charge in [-0.3, -0.25) is 0 Å². The Morgan fingerprint density at radius 2 is 2.21 bits per heavy atom. The summed E-state index contributed by atoms with van der Waals surface area (Å²) in [6.45, 7) is 0. The summed E-state index contributed by atoms with van der Waals surface area (Å²) in [6, 6.07) is 5.30. The van der Waals surface area contributed by atoms with Crippen LogP contribution in [0.2, 0.25) is 0 Å². The second-order valence-corrected chi connectivity index (χ2v) is 2.65. The quantitative estimate of drug-likeness (QED) is 0.793. The molecule has 0 aliphatic heterocycles. The van der Waals surface area contributed by atoms with Crippen LogP contribution in [0.3, 0.4) is 0 Å². The summed E-state index contributed by atoms with van der Waals surface area (Å²) in [4.78, 5) is 0. The van der Waals surface area contributed by atoms with Crippen molar-refractivity contribution in [3.63, 3.8) is 0 Å². The van der Waals surface area contributed by atoms with Crippen molar-refractivity contribution in [3.05, 3.63) is 29.6 Å². The van der Waals surface area contributed by atoms with Crippen LogP contribution in [0, 0.1) is 17.1 Å². The molecule has 76 valence electrons. The fourth-order valence-electron chi connectivity index (χ4n) is 1.04. The number of aromatic hydroxyl groups is 1. The summed E-state index contributed by atoms with van der Waals surface area (Å²) in [6.07, 6.45) is 0.0526. The monoisotopic (exact) mass is 216 g/mol. The molecular weight excluding hydrogens is 207 g/mol. The Kier molecular flexibility index (Phi) is 4.92. The minimum absolute atomic E-state index is 0. The molecule has 0 heterocycles. The second-order valence-electron chi connectivity index (χ2n) is 2.65. The lowest BCUT2D eigenvalue weighted by Crippen LogP contribution is -2.09. The number of nitrogens with zero attached hydrogens (tertiary/aromatic N) is 1. The topological polar surface area (TPSA) is 70.0 Å². The highest BCUT2D eigenvalue weighted by Gasteiger charge is 2.12. The third-order valence-corrected chi connectivity index (χ3v) is 1.73. The highest BCUT2D eigenvalue weighted by atomic mass is 35.5. The molecule has 0 bridgehead atoms. The predicted molar refractivity (Wildman–Crippen MR) is 52.5 cm³/mol. The molecule has 0 fully saturated rings. The SMILES string of the molecule is Cl.N#CC[C@H](N)c1cccc(F)c1O. The van der Waals surface area contributed by atoms with E-state index in [1.807, 2.05) is 6.07 Å². The summed E-state index contributed by atoms with van der Waals surface area (Å²) in [5, 5.41) is 17.6. The van der Waals surface area contributed by atoms with Gasteiger partial charge < -0.3 is 10.8 Å². The van der Waals surface area contributed by atoms with Crippen molar-refractivity contribution in [2.75, 3.05) is 0 Å². The van der Waals surface area contributed by atoms with Gasteiger partial charge in [0.1, 0.15) is 0 Å². The normalized spacial score (nSPS) is 11.2. The van der Waals surface area contributed by atoms with E-state index in [2.05, 4.69) is 0 Å². The molecule has 0 aromatic heterocycles. The first-order valence-electron chi connectivity index (χ1n) is 3.76. The number of rotatable bonds is 2. The molecule has 3 N–H and O–H groups in total. The van der Waals surface area contributed by atoms with Crippen molar-refractivity contribution >= 4 is 12.4 Å². The molecule has 0 spiro atoms. The number of benzene rings is 1. The lowest BCUT2D eigenvalue weighted by atomic mass is 10.0. The van der Waals surface area contributed by atoms with Crippen molar-refractivity contribution in [3.8, 4) is 11.8 Å². The minimum Gasteiger partial charge on any atom is -0.505 e. The maximum absolute atomic E-state index is 12.8. The van der Waals surface area contributed by atoms with Gasteiger partial charge in [0.05, 0.1) is 12.5 Å². The van der Waals surface area contributed by atoms with E-state index in [9.17, 15) is 9.50 Å². The summed E-state index contributed by atoms with van der Waals surface area (Å²) in [5.41, 5.74) is 5.79. The van der Waals surface area contributed by atoms with Gasteiger partial charge in [-0.2, -0.15) is 5.26 Å². The molecule has 0 unspecified atom stereocenters. The molecule has 0 amide bonds. The average Bonchev–Trinajstić information content (AvgIpc) is 2.10. The van der Waals surface area contributed by atoms with Crippen LogP contribution in [0.25, 0.3) is 0 Å². The minimum atomic E-state index is -0.717. The summed E-state index contributed by atoms with van der Waals surface area (Å²) < 4.78 is 12.8. The molecule has 0 aliphatic rings. The Labute approximate surface area is 87.4 Å². The summed E-state index contributed by atoms with van der Waals surface area (Å²) in [5.74, 6) is -1.18. The lowest BCUT2D eigenvalue weighted by molar-refractivity contribution is 0.421. The number of halogens is 2. The molecule has 3 nitrogen and oxygen atoms in total. The smallest absolute Gasteiger partial charge is 0.165 e. The Morgan fingerprint density at radius 1 is 1.57 bits per heavy atom. The molecule has 1 aromatic carbocycles. The standard InChI is InChI=1S/C9H9FN2O.ClH/c10-7-3-1-2-6(9(7)13)8(12)4-5-11;/h1-3,8,13H,4,12H2;1H/t8-;/m0./s1. The Balaban J connectivity index is 0.00000169. The van der Waals surface area contributed by atoms with Crippen molar-refractivity contribution in [1.29, 1.82) is 5.26 Å². The number of hydrogen-bond donors (Lipinski definition) is 2. The third kappa shape index (κ3) is 2.59. The van der Waals surface area contributed by atoms with E-state index in [1.165, 1.54) is 12.1 Å². The Hall–Kier alpha value is -1.31. The maximum Gasteiger partial charge on any atom is 0.165 e. The Morgan fingerprint density at radius 3 is 2.79 bits per heavy atom. The molecule has 0 saturated carbocycles. The number of nitriles is 1. The van der Waals surface area contributed by atoms with Gasteiger partial charge in [-0.25, -0.2) is 4.39 Å². The zero-order valence-electron chi connectivity index (χ0n) is 7.27. The molecule has 5 heteroatoms. The van der Waals surface area contributed by atoms with Crippen LogP contribution >= 0.6 is 12.4 Å². The number of para-hydroxylation sites is 1. The maximum atomic E-state index is 12.8. The fraction of sp³-hybridized carbons (Fsp3) is 0.222. The van der Waals surface area contributed by atoms with E-state index < -0.39 is 17.6 Å². The van der Waals surface area contributed by atoms with Crippen LogP contribution in [0.5, 0.6) is 5.75 Å². The van der Waals surface area contributed by atoms with E-state index in [-0.39, 0.29) is 24.4 Å². The van der Waals surface area contributed by atoms with Gasteiger partial charge >= 0.3 is 0 Å². The van der Waals surface area contributed by atoms with Gasteiger partial charge in [-0.15, -0.1) is 12.4 Å². The molecular formula is C9H10ClFN2O. The van der Waals surface area contributed by atoms with E-state index in [0.717, 1.165) is 6.07 Å². The van der Waals surface area contributed by atoms with Crippen LogP contribution in [-0.2, 0) is 0 Å². The van der Waals surface area contributed by atoms with Crippen LogP contribution in [0.15, 0.2) is 18.2 Å².